The van der Waals surface area contributed by atoms with E-state index in [4.69, 9.17) is 0 Å². The molecule has 0 aliphatic heterocycles. The molecule has 0 nitrogen and oxygen atoms in total. The van der Waals surface area contributed by atoms with E-state index in [1.165, 1.54) is 6.42 Å². The van der Waals surface area contributed by atoms with Crippen LogP contribution in [0.1, 0.15) is 6.42 Å². The second-order valence-corrected chi connectivity index (χ2v) is 2.90. The zero-order valence-corrected chi connectivity index (χ0v) is 8.86. The molecule has 8 heavy (non-hydrogen) atoms. The van der Waals surface area contributed by atoms with Crippen molar-refractivity contribution in [1.82, 2.24) is 0 Å². The van der Waals surface area contributed by atoms with Gasteiger partial charge in [0.25, 0.3) is 0 Å². The molecule has 0 unspecified atom stereocenters. The second-order valence-electron chi connectivity index (χ2n) is 1.32. The minimum atomic E-state index is 1.21. The molecule has 1 rings (SSSR count). The topological polar surface area (TPSA) is 0 Å². The standard InChI is InChI=1S/C5H5.CH3Br.Zr/c1-2-4-5-3-1;1-2;/h1-3H,4H2;1H3;. The molecule has 0 saturated heterocycles. The van der Waals surface area contributed by atoms with Crippen LogP contribution < -0.4 is 0 Å². The van der Waals surface area contributed by atoms with Gasteiger partial charge in [-0.2, -0.15) is 0 Å². The summed E-state index contributed by atoms with van der Waals surface area (Å²) in [6, 6.07) is 0. The summed E-state index contributed by atoms with van der Waals surface area (Å²) >= 11 is 4.50. The van der Waals surface area contributed by atoms with Crippen LogP contribution in [0.2, 0.25) is 0 Å². The molecule has 0 saturated carbocycles. The third-order valence-electron chi connectivity index (χ3n) is 0.771. The Labute approximate surface area is 74.0 Å². The summed E-state index contributed by atoms with van der Waals surface area (Å²) in [5.41, 5.74) is 0. The third-order valence-corrected chi connectivity index (χ3v) is 1.68. The van der Waals surface area contributed by atoms with Crippen molar-refractivity contribution >= 4 is 15.9 Å². The maximum atomic E-state index is 2.94. The summed E-state index contributed by atoms with van der Waals surface area (Å²) in [4.78, 5) is 0. The predicted octanol–water partition coefficient (Wildman–Crippen LogP) is 2.39. The van der Waals surface area contributed by atoms with Gasteiger partial charge in [-0.25, -0.2) is 0 Å². The van der Waals surface area contributed by atoms with Gasteiger partial charge < -0.3 is 0 Å². The fraction of sp³-hybridized carbons (Fsp3) is 0.333. The van der Waals surface area contributed by atoms with E-state index in [1.807, 2.05) is 5.83 Å². The predicted molar refractivity (Wildman–Crippen MR) is 36.7 cm³/mol. The molecule has 1 aliphatic rings. The first-order valence-corrected chi connectivity index (χ1v) is 5.16. The maximum absolute atomic E-state index is 2.94. The van der Waals surface area contributed by atoms with Crippen LogP contribution in [0.5, 0.6) is 0 Å². The average molecular weight is 251 g/mol. The second kappa shape index (κ2) is 5.97. The van der Waals surface area contributed by atoms with Gasteiger partial charge >= 0.3 is 52.6 Å². The summed E-state index contributed by atoms with van der Waals surface area (Å²) in [6.07, 6.45) is 7.69. The number of allylic oxidation sites excluding steroid dienone is 4. The molecule has 0 heterocycles. The van der Waals surface area contributed by atoms with Gasteiger partial charge in [0.2, 0.25) is 0 Å². The zero-order valence-electron chi connectivity index (χ0n) is 4.82. The van der Waals surface area contributed by atoms with Gasteiger partial charge in [-0.3, -0.25) is 0 Å². The van der Waals surface area contributed by atoms with E-state index in [-0.39, 0.29) is 0 Å². The van der Waals surface area contributed by atoms with Crippen LogP contribution in [0, 0.1) is 0 Å². The Hall–Kier alpha value is 0.843. The summed E-state index contributed by atoms with van der Waals surface area (Å²) in [7, 11) is 0. The van der Waals surface area contributed by atoms with Crippen molar-refractivity contribution in [3.63, 3.8) is 0 Å². The van der Waals surface area contributed by atoms with Gasteiger partial charge in [0.15, 0.2) is 0 Å². The molecule has 0 amide bonds. The quantitative estimate of drug-likeness (QED) is 0.580. The van der Waals surface area contributed by atoms with E-state index in [0.29, 0.717) is 0 Å². The third kappa shape index (κ3) is 3.80. The van der Waals surface area contributed by atoms with Crippen LogP contribution in [0.3, 0.4) is 0 Å². The van der Waals surface area contributed by atoms with Crippen molar-refractivity contribution in [2.45, 2.75) is 6.42 Å². The molecule has 0 aromatic rings. The monoisotopic (exact) mass is 249 g/mol. The molecule has 0 spiro atoms. The molecule has 43 valence electrons. The molecular weight excluding hydrogens is 243 g/mol. The SMILES string of the molecule is CBr.[Zr][C]1=CC=CC1. The van der Waals surface area contributed by atoms with Crippen molar-refractivity contribution in [2.24, 2.45) is 0 Å². The number of hydrogen-bond acceptors (Lipinski definition) is 0. The van der Waals surface area contributed by atoms with Gasteiger partial charge in [0.1, 0.15) is 0 Å². The molecule has 0 fully saturated rings. The van der Waals surface area contributed by atoms with Crippen LogP contribution in [0.4, 0.5) is 0 Å². The molecule has 2 heteroatoms. The van der Waals surface area contributed by atoms with Crippen molar-refractivity contribution < 1.29 is 24.7 Å². The Balaban J connectivity index is 0.000000222. The number of rotatable bonds is 0. The van der Waals surface area contributed by atoms with E-state index in [2.05, 4.69) is 34.2 Å². The Morgan fingerprint density at radius 1 is 1.62 bits per heavy atom. The van der Waals surface area contributed by atoms with Gasteiger partial charge in [-0.1, -0.05) is 15.9 Å². The van der Waals surface area contributed by atoms with Gasteiger partial charge in [-0.05, 0) is 5.83 Å². The van der Waals surface area contributed by atoms with Gasteiger partial charge in [0.05, 0.1) is 0 Å². The van der Waals surface area contributed by atoms with Crippen LogP contribution in [-0.4, -0.2) is 5.83 Å². The molecule has 0 radical (unpaired) electrons. The van der Waals surface area contributed by atoms with E-state index in [9.17, 15) is 0 Å². The molecule has 0 aromatic carbocycles. The Morgan fingerprint density at radius 3 is 2.38 bits per heavy atom. The van der Waals surface area contributed by atoms with Crippen LogP contribution in [0.15, 0.2) is 21.5 Å². The summed E-state index contributed by atoms with van der Waals surface area (Å²) in [6.45, 7) is 0. The van der Waals surface area contributed by atoms with Gasteiger partial charge in [0, 0.05) is 0 Å². The molecule has 0 bridgehead atoms. The van der Waals surface area contributed by atoms with Crippen LogP contribution in [0.25, 0.3) is 0 Å². The van der Waals surface area contributed by atoms with Crippen LogP contribution in [-0.2, 0) is 24.7 Å². The molecule has 1 aliphatic carbocycles. The number of alkyl halides is 1. The first-order chi connectivity index (χ1) is 3.89. The number of halogens is 1. The summed E-state index contributed by atoms with van der Waals surface area (Å²) < 4.78 is 1.56. The fourth-order valence-corrected chi connectivity index (χ4v) is 0.973. The number of hydrogen-bond donors (Lipinski definition) is 0. The normalized spacial score (nSPS) is 14.4. The first-order valence-electron chi connectivity index (χ1n) is 2.35. The summed E-state index contributed by atoms with van der Waals surface area (Å²) in [5.74, 6) is 1.81. The van der Waals surface area contributed by atoms with Crippen molar-refractivity contribution in [3.05, 3.63) is 21.5 Å². The summed E-state index contributed by atoms with van der Waals surface area (Å²) in [5, 5.41) is 0. The minimum absolute atomic E-state index is 1.21. The van der Waals surface area contributed by atoms with Crippen molar-refractivity contribution in [1.29, 1.82) is 0 Å². The van der Waals surface area contributed by atoms with Gasteiger partial charge in [-0.15, -0.1) is 0 Å². The van der Waals surface area contributed by atoms with E-state index in [1.54, 1.807) is 28.0 Å². The molecule has 0 atom stereocenters. The van der Waals surface area contributed by atoms with Crippen LogP contribution >= 0.6 is 15.9 Å². The molecule has 0 aromatic heterocycles. The zero-order chi connectivity index (χ0) is 6.41. The van der Waals surface area contributed by atoms with Crippen molar-refractivity contribution in [3.8, 4) is 0 Å². The fourth-order valence-electron chi connectivity index (χ4n) is 0.447. The Bertz CT molecular complexity index is 105. The van der Waals surface area contributed by atoms with E-state index >= 15 is 0 Å². The Kier molecular flexibility index (Phi) is 6.60. The van der Waals surface area contributed by atoms with E-state index < -0.39 is 0 Å². The Morgan fingerprint density at radius 2 is 2.25 bits per heavy atom. The molecular formula is C6H8BrZr. The van der Waals surface area contributed by atoms with E-state index in [0.717, 1.165) is 0 Å². The van der Waals surface area contributed by atoms with Crippen molar-refractivity contribution in [2.75, 3.05) is 5.83 Å². The first kappa shape index (κ1) is 8.84. The molecule has 0 N–H and O–H groups in total. The average Bonchev–Trinajstić information content (AvgIpc) is 2.24.